The van der Waals surface area contributed by atoms with Crippen molar-refractivity contribution in [2.75, 3.05) is 13.1 Å². The molecule has 0 aliphatic carbocycles. The fourth-order valence-corrected chi connectivity index (χ4v) is 1.93. The van der Waals surface area contributed by atoms with E-state index >= 15 is 0 Å². The summed E-state index contributed by atoms with van der Waals surface area (Å²) in [4.78, 5) is 13.3. The van der Waals surface area contributed by atoms with Crippen molar-refractivity contribution in [3.05, 3.63) is 35.4 Å². The molecule has 1 atom stereocenters. The third-order valence-corrected chi connectivity index (χ3v) is 3.20. The third-order valence-electron chi connectivity index (χ3n) is 3.20. The van der Waals surface area contributed by atoms with Crippen molar-refractivity contribution in [2.24, 2.45) is 17.4 Å². The van der Waals surface area contributed by atoms with Gasteiger partial charge in [-0.3, -0.25) is 9.69 Å². The summed E-state index contributed by atoms with van der Waals surface area (Å²) < 4.78 is 0. The minimum absolute atomic E-state index is 0.130. The Morgan fingerprint density at radius 3 is 2.44 bits per heavy atom. The van der Waals surface area contributed by atoms with Gasteiger partial charge in [0.15, 0.2) is 0 Å². The lowest BCUT2D eigenvalue weighted by atomic mass is 10.1. The number of hydrogen-bond acceptors (Lipinski definition) is 3. The average Bonchev–Trinajstić information content (AvgIpc) is 2.38. The average molecular weight is 249 g/mol. The summed E-state index contributed by atoms with van der Waals surface area (Å²) in [5.74, 6) is -0.379. The van der Waals surface area contributed by atoms with E-state index in [2.05, 4.69) is 17.9 Å². The van der Waals surface area contributed by atoms with E-state index in [1.165, 1.54) is 5.56 Å². The fourth-order valence-electron chi connectivity index (χ4n) is 1.93. The summed E-state index contributed by atoms with van der Waals surface area (Å²) in [7, 11) is 0. The van der Waals surface area contributed by atoms with Gasteiger partial charge in [0.1, 0.15) is 0 Å². The quantitative estimate of drug-likeness (QED) is 0.759. The van der Waals surface area contributed by atoms with Gasteiger partial charge >= 0.3 is 0 Å². The van der Waals surface area contributed by atoms with Crippen LogP contribution in [0.25, 0.3) is 0 Å². The molecule has 0 aliphatic rings. The van der Waals surface area contributed by atoms with Crippen LogP contribution in [-0.2, 0) is 17.9 Å². The van der Waals surface area contributed by atoms with E-state index < -0.39 is 0 Å². The van der Waals surface area contributed by atoms with E-state index in [9.17, 15) is 4.79 Å². The number of amides is 1. The molecule has 4 nitrogen and oxygen atoms in total. The van der Waals surface area contributed by atoms with E-state index in [4.69, 9.17) is 11.5 Å². The zero-order valence-corrected chi connectivity index (χ0v) is 11.2. The van der Waals surface area contributed by atoms with Crippen LogP contribution in [0.2, 0.25) is 0 Å². The van der Waals surface area contributed by atoms with Crippen LogP contribution in [0.5, 0.6) is 0 Å². The summed E-state index contributed by atoms with van der Waals surface area (Å²) in [6.45, 7) is 6.86. The highest BCUT2D eigenvalue weighted by Gasteiger charge is 2.14. The summed E-state index contributed by atoms with van der Waals surface area (Å²) in [6, 6.07) is 8.13. The maximum atomic E-state index is 11.1. The van der Waals surface area contributed by atoms with Crippen LogP contribution < -0.4 is 11.5 Å². The minimum Gasteiger partial charge on any atom is -0.369 e. The lowest BCUT2D eigenvalue weighted by Gasteiger charge is -2.24. The highest BCUT2D eigenvalue weighted by molar-refractivity contribution is 5.76. The maximum Gasteiger partial charge on any atom is 0.221 e. The number of carbonyl (C=O) groups is 1. The highest BCUT2D eigenvalue weighted by Crippen LogP contribution is 2.12. The molecule has 1 aromatic rings. The van der Waals surface area contributed by atoms with Crippen LogP contribution in [0, 0.1) is 5.92 Å². The molecule has 0 saturated heterocycles. The van der Waals surface area contributed by atoms with E-state index in [-0.39, 0.29) is 11.8 Å². The lowest BCUT2D eigenvalue weighted by Crippen LogP contribution is -2.34. The van der Waals surface area contributed by atoms with Crippen molar-refractivity contribution in [3.8, 4) is 0 Å². The maximum absolute atomic E-state index is 11.1. The molecule has 0 fully saturated rings. The van der Waals surface area contributed by atoms with Crippen LogP contribution in [-0.4, -0.2) is 23.9 Å². The first kappa shape index (κ1) is 14.7. The lowest BCUT2D eigenvalue weighted by molar-refractivity contribution is -0.121. The van der Waals surface area contributed by atoms with Crippen LogP contribution in [0.3, 0.4) is 0 Å². The Balaban J connectivity index is 2.70. The van der Waals surface area contributed by atoms with Gasteiger partial charge < -0.3 is 11.5 Å². The summed E-state index contributed by atoms with van der Waals surface area (Å²) in [6.07, 6.45) is 0. The molecule has 1 amide bonds. The minimum atomic E-state index is -0.249. The highest BCUT2D eigenvalue weighted by atomic mass is 16.1. The van der Waals surface area contributed by atoms with Gasteiger partial charge in [0.25, 0.3) is 0 Å². The van der Waals surface area contributed by atoms with Gasteiger partial charge in [0.2, 0.25) is 5.91 Å². The zero-order chi connectivity index (χ0) is 13.5. The van der Waals surface area contributed by atoms with Gasteiger partial charge in [-0.25, -0.2) is 0 Å². The zero-order valence-electron chi connectivity index (χ0n) is 11.2. The predicted octanol–water partition coefficient (Wildman–Crippen LogP) is 1.09. The number of hydrogen-bond donors (Lipinski definition) is 2. The smallest absolute Gasteiger partial charge is 0.221 e. The van der Waals surface area contributed by atoms with E-state index in [1.807, 2.05) is 25.1 Å². The molecule has 0 spiro atoms. The molecule has 100 valence electrons. The van der Waals surface area contributed by atoms with Gasteiger partial charge in [-0.05, 0) is 17.7 Å². The fraction of sp³-hybridized carbons (Fsp3) is 0.500. The Bertz CT molecular complexity index is 392. The molecule has 1 unspecified atom stereocenters. The van der Waals surface area contributed by atoms with Gasteiger partial charge in [-0.2, -0.15) is 0 Å². The second kappa shape index (κ2) is 7.13. The van der Waals surface area contributed by atoms with Gasteiger partial charge in [-0.15, -0.1) is 0 Å². The SMILES string of the molecule is CCN(Cc1ccccc1CN)CC(C)C(N)=O. The first-order valence-corrected chi connectivity index (χ1v) is 6.37. The summed E-state index contributed by atoms with van der Waals surface area (Å²) >= 11 is 0. The molecule has 1 rings (SSSR count). The van der Waals surface area contributed by atoms with E-state index in [1.54, 1.807) is 0 Å². The standard InChI is InChI=1S/C14H23N3O/c1-3-17(9-11(2)14(16)18)10-13-7-5-4-6-12(13)8-15/h4-7,11H,3,8-10,15H2,1-2H3,(H2,16,18). The third kappa shape index (κ3) is 4.13. The number of primary amides is 1. The number of carbonyl (C=O) groups excluding carboxylic acids is 1. The summed E-state index contributed by atoms with van der Waals surface area (Å²) in [5, 5.41) is 0. The molecule has 0 radical (unpaired) electrons. The first-order chi connectivity index (χ1) is 8.58. The Hall–Kier alpha value is -1.39. The van der Waals surface area contributed by atoms with Crippen molar-refractivity contribution in [1.29, 1.82) is 0 Å². The molecule has 0 aliphatic heterocycles. The molecular weight excluding hydrogens is 226 g/mol. The number of rotatable bonds is 7. The van der Waals surface area contributed by atoms with Crippen molar-refractivity contribution in [3.63, 3.8) is 0 Å². The van der Waals surface area contributed by atoms with Crippen LogP contribution in [0.4, 0.5) is 0 Å². The molecule has 1 aromatic carbocycles. The van der Waals surface area contributed by atoms with Crippen molar-refractivity contribution < 1.29 is 4.79 Å². The summed E-state index contributed by atoms with van der Waals surface area (Å²) in [5.41, 5.74) is 13.4. The number of nitrogens with zero attached hydrogens (tertiary/aromatic N) is 1. The van der Waals surface area contributed by atoms with Crippen LogP contribution in [0.1, 0.15) is 25.0 Å². The monoisotopic (exact) mass is 249 g/mol. The Morgan fingerprint density at radius 1 is 1.33 bits per heavy atom. The van der Waals surface area contributed by atoms with Crippen LogP contribution in [0.15, 0.2) is 24.3 Å². The second-order valence-electron chi connectivity index (χ2n) is 4.60. The molecule has 0 bridgehead atoms. The topological polar surface area (TPSA) is 72.3 Å². The number of nitrogens with two attached hydrogens (primary N) is 2. The van der Waals surface area contributed by atoms with Gasteiger partial charge in [0.05, 0.1) is 0 Å². The number of benzene rings is 1. The second-order valence-corrected chi connectivity index (χ2v) is 4.60. The molecule has 0 aromatic heterocycles. The van der Waals surface area contributed by atoms with Gasteiger partial charge in [0, 0.05) is 25.6 Å². The molecule has 18 heavy (non-hydrogen) atoms. The largest absolute Gasteiger partial charge is 0.369 e. The van der Waals surface area contributed by atoms with E-state index in [0.29, 0.717) is 13.1 Å². The molecule has 0 heterocycles. The Kier molecular flexibility index (Phi) is 5.82. The molecule has 0 saturated carbocycles. The van der Waals surface area contributed by atoms with Crippen molar-refractivity contribution in [1.82, 2.24) is 4.90 Å². The van der Waals surface area contributed by atoms with Crippen molar-refractivity contribution in [2.45, 2.75) is 26.9 Å². The van der Waals surface area contributed by atoms with Crippen molar-refractivity contribution >= 4 is 5.91 Å². The molecule has 4 heteroatoms. The Morgan fingerprint density at radius 2 is 1.94 bits per heavy atom. The van der Waals surface area contributed by atoms with Gasteiger partial charge in [-0.1, -0.05) is 38.1 Å². The Labute approximate surface area is 109 Å². The normalized spacial score (nSPS) is 12.7. The molecule has 4 N–H and O–H groups in total. The van der Waals surface area contributed by atoms with E-state index in [0.717, 1.165) is 18.7 Å². The molecular formula is C14H23N3O. The predicted molar refractivity (Wildman–Crippen MR) is 73.6 cm³/mol. The van der Waals surface area contributed by atoms with Crippen LogP contribution >= 0.6 is 0 Å². The first-order valence-electron chi connectivity index (χ1n) is 6.37.